The molecule has 3 aromatic rings. The number of pyridine rings is 2. The molecule has 0 radical (unpaired) electrons. The summed E-state index contributed by atoms with van der Waals surface area (Å²) in [7, 11) is 0. The lowest BCUT2D eigenvalue weighted by atomic mass is 9.99. The SMILES string of the molecule is O=C(c1ccc(Cl)nc1)c1cccc2cnccc12. The Bertz CT molecular complexity index is 748. The summed E-state index contributed by atoms with van der Waals surface area (Å²) in [5.74, 6) is -0.0685. The summed E-state index contributed by atoms with van der Waals surface area (Å²) in [4.78, 5) is 20.5. The smallest absolute Gasteiger partial charge is 0.195 e. The molecule has 0 aliphatic rings. The molecule has 0 atom stereocenters. The Balaban J connectivity index is 2.14. The third-order valence-corrected chi connectivity index (χ3v) is 3.14. The van der Waals surface area contributed by atoms with Crippen LogP contribution in [-0.4, -0.2) is 15.8 Å². The summed E-state index contributed by atoms with van der Waals surface area (Å²) in [6.45, 7) is 0. The molecule has 0 bridgehead atoms. The number of hydrogen-bond donors (Lipinski definition) is 0. The van der Waals surface area contributed by atoms with E-state index in [-0.39, 0.29) is 5.78 Å². The highest BCUT2D eigenvalue weighted by Crippen LogP contribution is 2.20. The fourth-order valence-electron chi connectivity index (χ4n) is 1.99. The molecule has 19 heavy (non-hydrogen) atoms. The lowest BCUT2D eigenvalue weighted by molar-refractivity contribution is 0.104. The highest BCUT2D eigenvalue weighted by molar-refractivity contribution is 6.29. The summed E-state index contributed by atoms with van der Waals surface area (Å²) in [6.07, 6.45) is 4.91. The van der Waals surface area contributed by atoms with Crippen LogP contribution >= 0.6 is 11.6 Å². The van der Waals surface area contributed by atoms with Gasteiger partial charge in [-0.1, -0.05) is 29.8 Å². The van der Waals surface area contributed by atoms with E-state index in [0.29, 0.717) is 16.3 Å². The van der Waals surface area contributed by atoms with Crippen molar-refractivity contribution in [2.45, 2.75) is 0 Å². The molecule has 0 fully saturated rings. The van der Waals surface area contributed by atoms with Crippen molar-refractivity contribution in [2.75, 3.05) is 0 Å². The second-order valence-electron chi connectivity index (χ2n) is 4.10. The van der Waals surface area contributed by atoms with E-state index in [9.17, 15) is 4.79 Å². The van der Waals surface area contributed by atoms with Crippen molar-refractivity contribution in [3.05, 3.63) is 71.3 Å². The molecule has 3 rings (SSSR count). The van der Waals surface area contributed by atoms with E-state index in [1.807, 2.05) is 18.2 Å². The van der Waals surface area contributed by atoms with Crippen molar-refractivity contribution < 1.29 is 4.79 Å². The fraction of sp³-hybridized carbons (Fsp3) is 0. The third kappa shape index (κ3) is 2.20. The average Bonchev–Trinajstić information content (AvgIpc) is 2.47. The number of ketones is 1. The molecule has 0 saturated carbocycles. The molecule has 0 aliphatic heterocycles. The minimum atomic E-state index is -0.0685. The quantitative estimate of drug-likeness (QED) is 0.528. The molecule has 0 amide bonds. The Morgan fingerprint density at radius 1 is 1.05 bits per heavy atom. The van der Waals surface area contributed by atoms with Gasteiger partial charge in [-0.3, -0.25) is 9.78 Å². The number of carbonyl (C=O) groups excluding carboxylic acids is 1. The minimum absolute atomic E-state index is 0.0685. The van der Waals surface area contributed by atoms with Crippen LogP contribution in [-0.2, 0) is 0 Å². The van der Waals surface area contributed by atoms with Crippen LogP contribution in [0, 0.1) is 0 Å². The molecular formula is C15H9ClN2O. The topological polar surface area (TPSA) is 42.9 Å². The maximum Gasteiger partial charge on any atom is 0.195 e. The van der Waals surface area contributed by atoms with Gasteiger partial charge in [0.25, 0.3) is 0 Å². The first-order chi connectivity index (χ1) is 9.25. The van der Waals surface area contributed by atoms with Crippen molar-refractivity contribution >= 4 is 28.2 Å². The van der Waals surface area contributed by atoms with Crippen molar-refractivity contribution in [1.29, 1.82) is 0 Å². The number of halogens is 1. The van der Waals surface area contributed by atoms with Gasteiger partial charge in [-0.25, -0.2) is 4.98 Å². The number of aromatic nitrogens is 2. The first-order valence-corrected chi connectivity index (χ1v) is 6.12. The third-order valence-electron chi connectivity index (χ3n) is 2.91. The zero-order valence-corrected chi connectivity index (χ0v) is 10.6. The first-order valence-electron chi connectivity index (χ1n) is 5.75. The Hall–Kier alpha value is -2.26. The van der Waals surface area contributed by atoms with Gasteiger partial charge in [-0.15, -0.1) is 0 Å². The van der Waals surface area contributed by atoms with E-state index in [1.54, 1.807) is 30.6 Å². The predicted octanol–water partition coefficient (Wildman–Crippen LogP) is 3.51. The van der Waals surface area contributed by atoms with Gasteiger partial charge in [0.1, 0.15) is 5.15 Å². The molecule has 92 valence electrons. The molecule has 3 nitrogen and oxygen atoms in total. The van der Waals surface area contributed by atoms with Gasteiger partial charge in [-0.05, 0) is 23.6 Å². The highest BCUT2D eigenvalue weighted by atomic mass is 35.5. The van der Waals surface area contributed by atoms with E-state index in [0.717, 1.165) is 10.8 Å². The summed E-state index contributed by atoms with van der Waals surface area (Å²) < 4.78 is 0. The lowest BCUT2D eigenvalue weighted by Crippen LogP contribution is -2.02. The van der Waals surface area contributed by atoms with Gasteiger partial charge in [0.05, 0.1) is 0 Å². The number of rotatable bonds is 2. The fourth-order valence-corrected chi connectivity index (χ4v) is 2.10. The summed E-state index contributed by atoms with van der Waals surface area (Å²) >= 11 is 5.73. The molecule has 2 aromatic heterocycles. The Labute approximate surface area is 114 Å². The van der Waals surface area contributed by atoms with Crippen LogP contribution in [0.4, 0.5) is 0 Å². The first kappa shape index (κ1) is 11.8. The number of hydrogen-bond acceptors (Lipinski definition) is 3. The predicted molar refractivity (Wildman–Crippen MR) is 74.4 cm³/mol. The van der Waals surface area contributed by atoms with E-state index in [4.69, 9.17) is 11.6 Å². The van der Waals surface area contributed by atoms with E-state index in [1.165, 1.54) is 6.20 Å². The largest absolute Gasteiger partial charge is 0.289 e. The molecule has 2 heterocycles. The van der Waals surface area contributed by atoms with Gasteiger partial charge in [0, 0.05) is 35.1 Å². The van der Waals surface area contributed by atoms with E-state index >= 15 is 0 Å². The standard InChI is InChI=1S/C15H9ClN2O/c16-14-5-4-11(9-18-14)15(19)13-3-1-2-10-8-17-7-6-12(10)13/h1-9H. The van der Waals surface area contributed by atoms with Crippen LogP contribution in [0.1, 0.15) is 15.9 Å². The number of carbonyl (C=O) groups is 1. The normalized spacial score (nSPS) is 10.6. The Kier molecular flexibility index (Phi) is 2.97. The van der Waals surface area contributed by atoms with Gasteiger partial charge in [0.2, 0.25) is 0 Å². The molecule has 0 aliphatic carbocycles. The van der Waals surface area contributed by atoms with Gasteiger partial charge >= 0.3 is 0 Å². The monoisotopic (exact) mass is 268 g/mol. The van der Waals surface area contributed by atoms with Crippen molar-refractivity contribution in [3.8, 4) is 0 Å². The van der Waals surface area contributed by atoms with Crippen molar-refractivity contribution in [1.82, 2.24) is 9.97 Å². The van der Waals surface area contributed by atoms with Gasteiger partial charge in [0.15, 0.2) is 5.78 Å². The molecule has 1 aromatic carbocycles. The van der Waals surface area contributed by atoms with Gasteiger partial charge < -0.3 is 0 Å². The van der Waals surface area contributed by atoms with Crippen LogP contribution in [0.15, 0.2) is 55.0 Å². The number of nitrogens with zero attached hydrogens (tertiary/aromatic N) is 2. The van der Waals surface area contributed by atoms with Crippen LogP contribution in [0.5, 0.6) is 0 Å². The van der Waals surface area contributed by atoms with Crippen LogP contribution in [0.2, 0.25) is 5.15 Å². The molecular weight excluding hydrogens is 260 g/mol. The zero-order valence-electron chi connectivity index (χ0n) is 9.88. The van der Waals surface area contributed by atoms with E-state index in [2.05, 4.69) is 9.97 Å². The van der Waals surface area contributed by atoms with Crippen LogP contribution < -0.4 is 0 Å². The van der Waals surface area contributed by atoms with Gasteiger partial charge in [-0.2, -0.15) is 0 Å². The second kappa shape index (κ2) is 4.78. The Morgan fingerprint density at radius 3 is 2.74 bits per heavy atom. The maximum atomic E-state index is 12.5. The van der Waals surface area contributed by atoms with Crippen LogP contribution in [0.25, 0.3) is 10.8 Å². The van der Waals surface area contributed by atoms with Crippen molar-refractivity contribution in [2.24, 2.45) is 0 Å². The van der Waals surface area contributed by atoms with E-state index < -0.39 is 0 Å². The number of fused-ring (bicyclic) bond motifs is 1. The molecule has 0 spiro atoms. The van der Waals surface area contributed by atoms with Crippen LogP contribution in [0.3, 0.4) is 0 Å². The number of benzene rings is 1. The Morgan fingerprint density at radius 2 is 1.95 bits per heavy atom. The summed E-state index contributed by atoms with van der Waals surface area (Å²) in [5.41, 5.74) is 1.16. The average molecular weight is 269 g/mol. The summed E-state index contributed by atoms with van der Waals surface area (Å²) in [5, 5.41) is 2.20. The zero-order chi connectivity index (χ0) is 13.2. The maximum absolute atomic E-state index is 12.5. The molecule has 0 N–H and O–H groups in total. The van der Waals surface area contributed by atoms with Crippen molar-refractivity contribution in [3.63, 3.8) is 0 Å². The molecule has 4 heteroatoms. The summed E-state index contributed by atoms with van der Waals surface area (Å²) in [6, 6.07) is 10.7. The minimum Gasteiger partial charge on any atom is -0.289 e. The lowest BCUT2D eigenvalue weighted by Gasteiger charge is -2.05. The molecule has 0 saturated heterocycles. The highest BCUT2D eigenvalue weighted by Gasteiger charge is 2.12. The second-order valence-corrected chi connectivity index (χ2v) is 4.49. The molecule has 0 unspecified atom stereocenters.